The number of nitrogens with one attached hydrogen (secondary N) is 1. The maximum atomic E-state index is 5.74. The second kappa shape index (κ2) is 6.00. The predicted octanol–water partition coefficient (Wildman–Crippen LogP) is 2.42. The van der Waals surface area contributed by atoms with Gasteiger partial charge in [-0.2, -0.15) is 0 Å². The van der Waals surface area contributed by atoms with Gasteiger partial charge in [-0.05, 0) is 6.92 Å². The molecule has 0 bridgehead atoms. The lowest BCUT2D eigenvalue weighted by Crippen LogP contribution is -2.32. The molecular weight excluding hydrogens is 244 g/mol. The maximum Gasteiger partial charge on any atom is 0.189 e. The summed E-state index contributed by atoms with van der Waals surface area (Å²) in [4.78, 5) is 8.81. The minimum absolute atomic E-state index is 0.0855. The van der Waals surface area contributed by atoms with Crippen molar-refractivity contribution in [1.82, 2.24) is 10.3 Å². The van der Waals surface area contributed by atoms with Crippen LogP contribution >= 0.6 is 11.3 Å². The molecule has 0 spiro atoms. The Morgan fingerprint density at radius 2 is 2.22 bits per heavy atom. The Labute approximate surface area is 113 Å². The molecule has 0 radical (unpaired) electrons. The Balaban J connectivity index is 2.55. The molecule has 0 aromatic carbocycles. The zero-order valence-electron chi connectivity index (χ0n) is 11.6. The third-order valence-electron chi connectivity index (χ3n) is 2.28. The van der Waals surface area contributed by atoms with Crippen LogP contribution in [-0.4, -0.2) is 17.5 Å². The summed E-state index contributed by atoms with van der Waals surface area (Å²) < 4.78 is 0. The highest BCUT2D eigenvalue weighted by Crippen LogP contribution is 2.24. The van der Waals surface area contributed by atoms with E-state index in [1.54, 1.807) is 11.3 Å². The topological polar surface area (TPSA) is 63.3 Å². The molecule has 5 heteroatoms. The van der Waals surface area contributed by atoms with Gasteiger partial charge in [0.1, 0.15) is 5.01 Å². The van der Waals surface area contributed by atoms with Gasteiger partial charge in [0.15, 0.2) is 5.96 Å². The largest absolute Gasteiger partial charge is 0.370 e. The summed E-state index contributed by atoms with van der Waals surface area (Å²) in [6, 6.07) is 0. The van der Waals surface area contributed by atoms with Gasteiger partial charge in [0, 0.05) is 17.3 Å². The van der Waals surface area contributed by atoms with E-state index in [4.69, 9.17) is 5.73 Å². The molecule has 0 fully saturated rings. The van der Waals surface area contributed by atoms with E-state index in [9.17, 15) is 0 Å². The van der Waals surface area contributed by atoms with Crippen LogP contribution in [-0.2, 0) is 12.0 Å². The zero-order chi connectivity index (χ0) is 13.8. The molecule has 0 amide bonds. The molecule has 4 nitrogen and oxygen atoms in total. The van der Waals surface area contributed by atoms with Crippen LogP contribution in [0.25, 0.3) is 0 Å². The molecule has 18 heavy (non-hydrogen) atoms. The quantitative estimate of drug-likeness (QED) is 0.500. The summed E-state index contributed by atoms with van der Waals surface area (Å²) in [6.45, 7) is 13.4. The highest BCUT2D eigenvalue weighted by Gasteiger charge is 2.17. The van der Waals surface area contributed by atoms with Gasteiger partial charge in [-0.25, -0.2) is 9.98 Å². The van der Waals surface area contributed by atoms with E-state index in [1.807, 2.05) is 6.92 Å². The average Bonchev–Trinajstić information content (AvgIpc) is 2.71. The molecule has 1 aromatic heterocycles. The fourth-order valence-corrected chi connectivity index (χ4v) is 2.12. The standard InChI is InChI=1S/C13H22N4S/c1-9(2)6-15-12(14)16-7-11-17-10(8-18-11)13(3,4)5/h8H,1,6-7H2,2-5H3,(H3,14,15,16). The van der Waals surface area contributed by atoms with Gasteiger partial charge in [-0.15, -0.1) is 11.3 Å². The fraction of sp³-hybridized carbons (Fsp3) is 0.538. The van der Waals surface area contributed by atoms with Gasteiger partial charge in [0.05, 0.1) is 12.2 Å². The number of hydrogen-bond acceptors (Lipinski definition) is 3. The number of guanidine groups is 1. The maximum absolute atomic E-state index is 5.74. The van der Waals surface area contributed by atoms with Crippen molar-refractivity contribution in [1.29, 1.82) is 0 Å². The van der Waals surface area contributed by atoms with Crippen molar-refractivity contribution < 1.29 is 0 Å². The summed E-state index contributed by atoms with van der Waals surface area (Å²) in [5.74, 6) is 0.436. The molecule has 0 saturated heterocycles. The highest BCUT2D eigenvalue weighted by atomic mass is 32.1. The Hall–Kier alpha value is -1.36. The van der Waals surface area contributed by atoms with E-state index >= 15 is 0 Å². The fourth-order valence-electron chi connectivity index (χ4n) is 1.18. The van der Waals surface area contributed by atoms with Crippen molar-refractivity contribution in [2.75, 3.05) is 6.54 Å². The van der Waals surface area contributed by atoms with Crippen molar-refractivity contribution in [2.24, 2.45) is 10.7 Å². The van der Waals surface area contributed by atoms with Crippen molar-refractivity contribution in [2.45, 2.75) is 39.7 Å². The SMILES string of the molecule is C=C(C)CNC(N)=NCc1nc(C(C)(C)C)cs1. The highest BCUT2D eigenvalue weighted by molar-refractivity contribution is 7.09. The molecule has 1 aromatic rings. The molecule has 0 aliphatic carbocycles. The number of hydrogen-bond donors (Lipinski definition) is 2. The summed E-state index contributed by atoms with van der Waals surface area (Å²) in [5, 5.41) is 6.07. The number of rotatable bonds is 4. The van der Waals surface area contributed by atoms with E-state index < -0.39 is 0 Å². The number of aliphatic imine (C=N–C) groups is 1. The first-order chi connectivity index (χ1) is 8.29. The lowest BCUT2D eigenvalue weighted by atomic mass is 9.93. The molecule has 3 N–H and O–H groups in total. The van der Waals surface area contributed by atoms with E-state index in [-0.39, 0.29) is 5.41 Å². The molecule has 0 aliphatic heterocycles. The average molecular weight is 266 g/mol. The predicted molar refractivity (Wildman–Crippen MR) is 79.0 cm³/mol. The second-order valence-electron chi connectivity index (χ2n) is 5.39. The summed E-state index contributed by atoms with van der Waals surface area (Å²) in [5.41, 5.74) is 7.95. The van der Waals surface area contributed by atoms with Crippen LogP contribution in [0.3, 0.4) is 0 Å². The summed E-state index contributed by atoms with van der Waals surface area (Å²) in [7, 11) is 0. The number of thiazole rings is 1. The number of aromatic nitrogens is 1. The zero-order valence-corrected chi connectivity index (χ0v) is 12.4. The van der Waals surface area contributed by atoms with Gasteiger partial charge in [-0.1, -0.05) is 32.9 Å². The lowest BCUT2D eigenvalue weighted by molar-refractivity contribution is 0.571. The minimum atomic E-state index is 0.0855. The second-order valence-corrected chi connectivity index (χ2v) is 6.33. The Morgan fingerprint density at radius 1 is 1.56 bits per heavy atom. The van der Waals surface area contributed by atoms with Gasteiger partial charge in [-0.3, -0.25) is 0 Å². The molecular formula is C13H22N4S. The molecule has 0 saturated carbocycles. The van der Waals surface area contributed by atoms with Crippen LogP contribution < -0.4 is 11.1 Å². The molecule has 1 rings (SSSR count). The Kier molecular flexibility index (Phi) is 4.90. The Bertz CT molecular complexity index is 440. The number of nitrogens with zero attached hydrogens (tertiary/aromatic N) is 2. The molecule has 0 aliphatic rings. The number of nitrogens with two attached hydrogens (primary N) is 1. The monoisotopic (exact) mass is 266 g/mol. The van der Waals surface area contributed by atoms with Gasteiger partial charge in [0.2, 0.25) is 0 Å². The van der Waals surface area contributed by atoms with Gasteiger partial charge < -0.3 is 11.1 Å². The van der Waals surface area contributed by atoms with Crippen molar-refractivity contribution in [3.63, 3.8) is 0 Å². The lowest BCUT2D eigenvalue weighted by Gasteiger charge is -2.14. The van der Waals surface area contributed by atoms with E-state index in [1.165, 1.54) is 0 Å². The van der Waals surface area contributed by atoms with Gasteiger partial charge >= 0.3 is 0 Å². The van der Waals surface area contributed by atoms with Crippen molar-refractivity contribution in [3.05, 3.63) is 28.2 Å². The minimum Gasteiger partial charge on any atom is -0.370 e. The summed E-state index contributed by atoms with van der Waals surface area (Å²) in [6.07, 6.45) is 0. The van der Waals surface area contributed by atoms with E-state index in [0.717, 1.165) is 16.3 Å². The first-order valence-corrected chi connectivity index (χ1v) is 6.80. The van der Waals surface area contributed by atoms with Crippen molar-refractivity contribution >= 4 is 17.3 Å². The van der Waals surface area contributed by atoms with Crippen LogP contribution in [0.4, 0.5) is 0 Å². The molecule has 1 heterocycles. The normalized spacial score (nSPS) is 12.6. The Morgan fingerprint density at radius 3 is 2.72 bits per heavy atom. The molecule has 0 atom stereocenters. The van der Waals surface area contributed by atoms with E-state index in [0.29, 0.717) is 19.0 Å². The summed E-state index contributed by atoms with van der Waals surface area (Å²) >= 11 is 1.62. The third-order valence-corrected chi connectivity index (χ3v) is 3.11. The van der Waals surface area contributed by atoms with Crippen LogP contribution in [0.1, 0.15) is 38.4 Å². The van der Waals surface area contributed by atoms with Crippen LogP contribution in [0.15, 0.2) is 22.5 Å². The van der Waals surface area contributed by atoms with Crippen LogP contribution in [0.2, 0.25) is 0 Å². The van der Waals surface area contributed by atoms with Crippen LogP contribution in [0, 0.1) is 0 Å². The third kappa shape index (κ3) is 4.87. The molecule has 0 unspecified atom stereocenters. The first-order valence-electron chi connectivity index (χ1n) is 5.92. The first kappa shape index (κ1) is 14.7. The molecule has 100 valence electrons. The smallest absolute Gasteiger partial charge is 0.189 e. The van der Waals surface area contributed by atoms with Crippen molar-refractivity contribution in [3.8, 4) is 0 Å². The van der Waals surface area contributed by atoms with Gasteiger partial charge in [0.25, 0.3) is 0 Å². The van der Waals surface area contributed by atoms with E-state index in [2.05, 4.69) is 48.0 Å². The van der Waals surface area contributed by atoms with Crippen LogP contribution in [0.5, 0.6) is 0 Å².